The lowest BCUT2D eigenvalue weighted by molar-refractivity contribution is 0.0746. The summed E-state index contributed by atoms with van der Waals surface area (Å²) in [7, 11) is 0. The summed E-state index contributed by atoms with van der Waals surface area (Å²) in [5.41, 5.74) is 3.72. The van der Waals surface area contributed by atoms with E-state index in [2.05, 4.69) is 10.2 Å². The number of anilines is 2. The zero-order chi connectivity index (χ0) is 22.7. The van der Waals surface area contributed by atoms with Gasteiger partial charge in [0.05, 0.1) is 11.4 Å². The van der Waals surface area contributed by atoms with Gasteiger partial charge in [-0.3, -0.25) is 9.59 Å². The molecule has 1 aliphatic heterocycles. The van der Waals surface area contributed by atoms with E-state index in [0.717, 1.165) is 16.9 Å². The summed E-state index contributed by atoms with van der Waals surface area (Å²) < 4.78 is 0. The van der Waals surface area contributed by atoms with E-state index in [1.54, 1.807) is 36.4 Å². The summed E-state index contributed by atoms with van der Waals surface area (Å²) in [6.07, 6.45) is 0. The first-order valence-electron chi connectivity index (χ1n) is 10.4. The second kappa shape index (κ2) is 9.63. The highest BCUT2D eigenvalue weighted by Gasteiger charge is 2.24. The van der Waals surface area contributed by atoms with Crippen molar-refractivity contribution >= 4 is 46.4 Å². The minimum Gasteiger partial charge on any atom is -0.366 e. The zero-order valence-corrected chi connectivity index (χ0v) is 19.2. The molecule has 5 nitrogen and oxygen atoms in total. The number of hydrogen-bond donors (Lipinski definition) is 1. The van der Waals surface area contributed by atoms with Crippen molar-refractivity contribution < 1.29 is 9.59 Å². The third-order valence-electron chi connectivity index (χ3n) is 5.59. The van der Waals surface area contributed by atoms with Gasteiger partial charge in [0, 0.05) is 47.4 Å². The number of piperazine rings is 1. The lowest BCUT2D eigenvalue weighted by Gasteiger charge is -2.37. The quantitative estimate of drug-likeness (QED) is 0.549. The molecule has 0 bridgehead atoms. The number of halogens is 2. The van der Waals surface area contributed by atoms with E-state index >= 15 is 0 Å². The molecule has 3 aromatic carbocycles. The van der Waals surface area contributed by atoms with Gasteiger partial charge in [-0.05, 0) is 61.0 Å². The lowest BCUT2D eigenvalue weighted by atomic mass is 10.1. The smallest absolute Gasteiger partial charge is 0.255 e. The Bertz CT molecular complexity index is 1140. The summed E-state index contributed by atoms with van der Waals surface area (Å²) in [6, 6.07) is 19.9. The average molecular weight is 468 g/mol. The Hall–Kier alpha value is -3.02. The van der Waals surface area contributed by atoms with Gasteiger partial charge in [-0.15, -0.1) is 0 Å². The summed E-state index contributed by atoms with van der Waals surface area (Å²) in [5.74, 6) is -0.213. The predicted octanol–water partition coefficient (Wildman–Crippen LogP) is 5.52. The Balaban J connectivity index is 1.44. The molecule has 1 fully saturated rings. The van der Waals surface area contributed by atoms with Crippen LogP contribution in [0.4, 0.5) is 11.4 Å². The van der Waals surface area contributed by atoms with Crippen LogP contribution in [-0.2, 0) is 0 Å². The maximum Gasteiger partial charge on any atom is 0.255 e. The monoisotopic (exact) mass is 467 g/mol. The number of benzene rings is 3. The zero-order valence-electron chi connectivity index (χ0n) is 17.6. The van der Waals surface area contributed by atoms with Gasteiger partial charge in [0.15, 0.2) is 0 Å². The van der Waals surface area contributed by atoms with E-state index in [1.807, 2.05) is 42.2 Å². The summed E-state index contributed by atoms with van der Waals surface area (Å²) in [5, 5.41) is 4.18. The third-order valence-corrected chi connectivity index (χ3v) is 6.24. The molecule has 32 heavy (non-hydrogen) atoms. The van der Waals surface area contributed by atoms with Gasteiger partial charge in [0.1, 0.15) is 0 Å². The first kappa shape index (κ1) is 22.2. The topological polar surface area (TPSA) is 52.7 Å². The molecule has 0 aromatic heterocycles. The van der Waals surface area contributed by atoms with E-state index in [-0.39, 0.29) is 11.8 Å². The second-order valence-corrected chi connectivity index (χ2v) is 8.57. The molecular weight excluding hydrogens is 445 g/mol. The van der Waals surface area contributed by atoms with Gasteiger partial charge >= 0.3 is 0 Å². The molecule has 0 radical (unpaired) electrons. The summed E-state index contributed by atoms with van der Waals surface area (Å²) >= 11 is 12.1. The third kappa shape index (κ3) is 4.90. The van der Waals surface area contributed by atoms with Gasteiger partial charge in [-0.25, -0.2) is 0 Å². The predicted molar refractivity (Wildman–Crippen MR) is 130 cm³/mol. The average Bonchev–Trinajstić information content (AvgIpc) is 2.81. The van der Waals surface area contributed by atoms with Crippen molar-refractivity contribution in [2.45, 2.75) is 6.92 Å². The van der Waals surface area contributed by atoms with Crippen LogP contribution in [0.15, 0.2) is 66.7 Å². The number of para-hydroxylation sites is 2. The molecule has 7 heteroatoms. The van der Waals surface area contributed by atoms with Gasteiger partial charge in [-0.2, -0.15) is 0 Å². The van der Waals surface area contributed by atoms with E-state index in [9.17, 15) is 9.59 Å². The highest BCUT2D eigenvalue weighted by Crippen LogP contribution is 2.28. The Morgan fingerprint density at radius 1 is 0.844 bits per heavy atom. The summed E-state index contributed by atoms with van der Waals surface area (Å²) in [4.78, 5) is 29.6. The Kier molecular flexibility index (Phi) is 6.68. The van der Waals surface area contributed by atoms with Crippen molar-refractivity contribution in [1.29, 1.82) is 0 Å². The van der Waals surface area contributed by atoms with E-state index in [1.165, 1.54) is 0 Å². The Morgan fingerprint density at radius 2 is 1.50 bits per heavy atom. The van der Waals surface area contributed by atoms with Crippen LogP contribution in [-0.4, -0.2) is 42.9 Å². The first-order valence-corrected chi connectivity index (χ1v) is 11.1. The van der Waals surface area contributed by atoms with E-state index in [0.29, 0.717) is 47.4 Å². The largest absolute Gasteiger partial charge is 0.366 e. The number of carbonyl (C=O) groups excluding carboxylic acids is 2. The molecular formula is C25H23Cl2N3O2. The van der Waals surface area contributed by atoms with Crippen molar-refractivity contribution in [3.8, 4) is 0 Å². The molecule has 0 spiro atoms. The van der Waals surface area contributed by atoms with Gasteiger partial charge in [-0.1, -0.05) is 41.4 Å². The lowest BCUT2D eigenvalue weighted by Crippen LogP contribution is -2.49. The van der Waals surface area contributed by atoms with Crippen LogP contribution in [0.1, 0.15) is 26.3 Å². The molecule has 0 saturated carbocycles. The van der Waals surface area contributed by atoms with Crippen molar-refractivity contribution in [1.82, 2.24) is 4.90 Å². The van der Waals surface area contributed by atoms with Crippen molar-refractivity contribution in [2.24, 2.45) is 0 Å². The van der Waals surface area contributed by atoms with Crippen molar-refractivity contribution in [3.05, 3.63) is 93.5 Å². The maximum absolute atomic E-state index is 12.8. The van der Waals surface area contributed by atoms with E-state index < -0.39 is 0 Å². The van der Waals surface area contributed by atoms with Gasteiger partial charge < -0.3 is 15.1 Å². The molecule has 3 aromatic rings. The van der Waals surface area contributed by atoms with Gasteiger partial charge in [0.25, 0.3) is 11.8 Å². The number of hydrogen-bond acceptors (Lipinski definition) is 3. The first-order chi connectivity index (χ1) is 15.4. The number of carbonyl (C=O) groups is 2. The molecule has 0 unspecified atom stereocenters. The molecule has 2 amide bonds. The normalized spacial score (nSPS) is 13.7. The molecule has 1 N–H and O–H groups in total. The fraction of sp³-hybridized carbons (Fsp3) is 0.200. The molecule has 0 aliphatic carbocycles. The minimum absolute atomic E-state index is 0.000783. The van der Waals surface area contributed by atoms with Crippen molar-refractivity contribution in [3.63, 3.8) is 0 Å². The highest BCUT2D eigenvalue weighted by molar-refractivity contribution is 6.32. The van der Waals surface area contributed by atoms with Crippen LogP contribution >= 0.6 is 23.2 Å². The van der Waals surface area contributed by atoms with Crippen LogP contribution < -0.4 is 10.2 Å². The summed E-state index contributed by atoms with van der Waals surface area (Å²) in [6.45, 7) is 4.43. The molecule has 164 valence electrons. The van der Waals surface area contributed by atoms with Crippen molar-refractivity contribution in [2.75, 3.05) is 36.4 Å². The SMILES string of the molecule is Cc1ccc(C(=O)Nc2ccccc2N2CCN(C(=O)c3ccc(Cl)cc3)CC2)cc1Cl. The fourth-order valence-corrected chi connectivity index (χ4v) is 4.02. The van der Waals surface area contributed by atoms with Crippen LogP contribution in [0, 0.1) is 6.92 Å². The van der Waals surface area contributed by atoms with Crippen LogP contribution in [0.5, 0.6) is 0 Å². The minimum atomic E-state index is -0.212. The Labute approximate surface area is 197 Å². The number of aryl methyl sites for hydroxylation is 1. The molecule has 1 saturated heterocycles. The van der Waals surface area contributed by atoms with E-state index in [4.69, 9.17) is 23.2 Å². The second-order valence-electron chi connectivity index (χ2n) is 7.72. The number of nitrogens with one attached hydrogen (secondary N) is 1. The van der Waals surface area contributed by atoms with Crippen LogP contribution in [0.25, 0.3) is 0 Å². The molecule has 4 rings (SSSR count). The Morgan fingerprint density at radius 3 is 2.19 bits per heavy atom. The molecule has 1 aliphatic rings. The highest BCUT2D eigenvalue weighted by atomic mass is 35.5. The molecule has 0 atom stereocenters. The number of rotatable bonds is 4. The maximum atomic E-state index is 12.8. The standard InChI is InChI=1S/C25H23Cl2N3O2/c1-17-6-7-19(16-21(17)27)24(31)28-22-4-2-3-5-23(22)29-12-14-30(15-13-29)25(32)18-8-10-20(26)11-9-18/h2-11,16H,12-15H2,1H3,(H,28,31). The number of nitrogens with zero attached hydrogens (tertiary/aromatic N) is 2. The van der Waals surface area contributed by atoms with Crippen LogP contribution in [0.2, 0.25) is 10.0 Å². The van der Waals surface area contributed by atoms with Gasteiger partial charge in [0.2, 0.25) is 0 Å². The molecule has 1 heterocycles. The van der Waals surface area contributed by atoms with Crippen LogP contribution in [0.3, 0.4) is 0 Å². The number of amides is 2. The fourth-order valence-electron chi connectivity index (χ4n) is 3.71.